The molecule has 1 aromatic carbocycles. The molecule has 3 aromatic rings. The molecule has 0 aliphatic carbocycles. The highest BCUT2D eigenvalue weighted by atomic mass is 19.4. The Morgan fingerprint density at radius 1 is 1.23 bits per heavy atom. The van der Waals surface area contributed by atoms with E-state index in [1.807, 2.05) is 25.7 Å². The molecule has 12 heteroatoms. The number of anilines is 1. The molecule has 184 valence electrons. The number of terminal acetylenes is 1. The van der Waals surface area contributed by atoms with Crippen LogP contribution in [0.2, 0.25) is 0 Å². The van der Waals surface area contributed by atoms with Crippen molar-refractivity contribution >= 4 is 17.0 Å². The van der Waals surface area contributed by atoms with E-state index in [1.165, 1.54) is 16.8 Å². The van der Waals surface area contributed by atoms with Gasteiger partial charge in [0.25, 0.3) is 0 Å². The van der Waals surface area contributed by atoms with Gasteiger partial charge < -0.3 is 10.0 Å². The maximum atomic E-state index is 13.9. The second-order valence-electron chi connectivity index (χ2n) is 9.90. The Morgan fingerprint density at radius 3 is 2.54 bits per heavy atom. The number of β-amino-alcohol motifs (C(OH)–C–C–N with tert-alkyl or cyclic N) is 1. The largest absolute Gasteiger partial charge is 0.426 e. The van der Waals surface area contributed by atoms with Crippen molar-refractivity contribution in [3.05, 3.63) is 40.7 Å². The zero-order chi connectivity index (χ0) is 25.2. The summed E-state index contributed by atoms with van der Waals surface area (Å²) >= 11 is 0. The molecular weight excluding hydrogens is 461 g/mol. The number of hydrazine groups is 1. The Labute approximate surface area is 199 Å². The second-order valence-corrected chi connectivity index (χ2v) is 9.90. The second kappa shape index (κ2) is 7.87. The summed E-state index contributed by atoms with van der Waals surface area (Å²) in [5, 5.41) is 18.6. The van der Waals surface area contributed by atoms with Gasteiger partial charge in [0.2, 0.25) is 5.66 Å². The number of rotatable bonds is 4. The highest BCUT2D eigenvalue weighted by Gasteiger charge is 2.66. The molecule has 3 N–H and O–H groups in total. The third-order valence-corrected chi connectivity index (χ3v) is 6.32. The van der Waals surface area contributed by atoms with Gasteiger partial charge in [-0.15, -0.1) is 11.5 Å². The highest BCUT2D eigenvalue weighted by Crippen LogP contribution is 2.44. The number of nitrogens with zero attached hydrogens (tertiary/aromatic N) is 6. The molecule has 5 rings (SSSR count). The van der Waals surface area contributed by atoms with Crippen LogP contribution < -0.4 is 15.8 Å². The predicted octanol–water partition coefficient (Wildman–Crippen LogP) is 1.94. The van der Waals surface area contributed by atoms with Crippen LogP contribution in [0.15, 0.2) is 18.2 Å². The third kappa shape index (κ3) is 3.89. The number of aliphatic hydroxyl groups excluding tert-OH is 1. The summed E-state index contributed by atoms with van der Waals surface area (Å²) in [6.45, 7) is 6.82. The Hall–Kier alpha value is -3.27. The van der Waals surface area contributed by atoms with E-state index in [0.29, 0.717) is 47.9 Å². The van der Waals surface area contributed by atoms with Gasteiger partial charge in [-0.1, -0.05) is 44.0 Å². The van der Waals surface area contributed by atoms with Gasteiger partial charge in [0, 0.05) is 29.6 Å². The summed E-state index contributed by atoms with van der Waals surface area (Å²) in [6.07, 6.45) is 1.19. The first-order valence-electron chi connectivity index (χ1n) is 11.2. The predicted molar refractivity (Wildman–Crippen MR) is 122 cm³/mol. The number of halogens is 3. The number of hydrogen-bond acceptors (Lipinski definition) is 8. The summed E-state index contributed by atoms with van der Waals surface area (Å²) in [7, 11) is 0. The topological polar surface area (TPSA) is 124 Å². The molecule has 1 atom stereocenters. The molecular formula is C23H25F3N8O. The van der Waals surface area contributed by atoms with Crippen molar-refractivity contribution in [1.29, 1.82) is 0 Å². The first-order chi connectivity index (χ1) is 16.4. The lowest BCUT2D eigenvalue weighted by Crippen LogP contribution is -2.36. The minimum Gasteiger partial charge on any atom is -0.391 e. The van der Waals surface area contributed by atoms with Crippen LogP contribution in [0, 0.1) is 12.3 Å². The van der Waals surface area contributed by atoms with E-state index in [2.05, 4.69) is 27.1 Å². The van der Waals surface area contributed by atoms with E-state index in [0.717, 1.165) is 0 Å². The molecule has 35 heavy (non-hydrogen) atoms. The summed E-state index contributed by atoms with van der Waals surface area (Å²) in [6, 6.07) is 4.48. The van der Waals surface area contributed by atoms with Gasteiger partial charge in [-0.25, -0.2) is 25.5 Å². The molecule has 9 nitrogen and oxygen atoms in total. The molecule has 0 saturated carbocycles. The Balaban J connectivity index is 1.66. The van der Waals surface area contributed by atoms with Gasteiger partial charge in [0.15, 0.2) is 17.0 Å². The van der Waals surface area contributed by atoms with Crippen LogP contribution in [0.4, 0.5) is 19.0 Å². The maximum Gasteiger partial charge on any atom is 0.426 e. The monoisotopic (exact) mass is 486 g/mol. The number of aliphatic hydroxyl groups is 1. The zero-order valence-electron chi connectivity index (χ0n) is 19.5. The summed E-state index contributed by atoms with van der Waals surface area (Å²) < 4.78 is 43.2. The van der Waals surface area contributed by atoms with E-state index >= 15 is 0 Å². The molecule has 2 aliphatic rings. The van der Waals surface area contributed by atoms with Crippen LogP contribution in [-0.2, 0) is 17.6 Å². The van der Waals surface area contributed by atoms with Crippen LogP contribution in [0.5, 0.6) is 0 Å². The molecule has 2 aliphatic heterocycles. The normalized spacial score (nSPS) is 19.8. The SMILES string of the molecule is C#Cc1cccc(C2(C(F)(F)F)NN2)c1Cn1nnc2c(N3CC[C@H](O)C3)nc(C(C)(C)C)nc21. The quantitative estimate of drug-likeness (QED) is 0.378. The summed E-state index contributed by atoms with van der Waals surface area (Å²) in [4.78, 5) is 11.4. The van der Waals surface area contributed by atoms with Gasteiger partial charge in [0.05, 0.1) is 12.6 Å². The van der Waals surface area contributed by atoms with Crippen LogP contribution in [0.3, 0.4) is 0 Å². The number of hydrogen-bond donors (Lipinski definition) is 3. The highest BCUT2D eigenvalue weighted by molar-refractivity contribution is 5.83. The van der Waals surface area contributed by atoms with Crippen molar-refractivity contribution in [2.24, 2.45) is 0 Å². The lowest BCUT2D eigenvalue weighted by atomic mass is 9.93. The van der Waals surface area contributed by atoms with Crippen LogP contribution in [0.25, 0.3) is 11.2 Å². The number of nitrogens with one attached hydrogen (secondary N) is 2. The minimum absolute atomic E-state index is 0.0305. The molecule has 0 bridgehead atoms. The zero-order valence-corrected chi connectivity index (χ0v) is 19.5. The molecule has 2 aromatic heterocycles. The standard InChI is InChI=1S/C23H25F3N8O/c1-5-13-7-6-8-16(22(30-31-22)23(24,25)26)15(13)12-34-19-17(29-32-34)18(33-10-9-14(35)11-33)27-20(28-19)21(2,3)4/h1,6-8,14,30-31,35H,9-12H2,2-4H3/t14-/m0/s1. The molecule has 0 amide bonds. The molecule has 2 fully saturated rings. The molecule has 0 spiro atoms. The first kappa shape index (κ1) is 23.5. The van der Waals surface area contributed by atoms with Crippen molar-refractivity contribution in [2.75, 3.05) is 18.0 Å². The van der Waals surface area contributed by atoms with Crippen molar-refractivity contribution in [3.63, 3.8) is 0 Å². The Bertz CT molecular complexity index is 1330. The average Bonchev–Trinajstić information content (AvgIpc) is 3.36. The van der Waals surface area contributed by atoms with Crippen LogP contribution in [-0.4, -0.2) is 55.4 Å². The van der Waals surface area contributed by atoms with Gasteiger partial charge in [-0.3, -0.25) is 0 Å². The summed E-state index contributed by atoms with van der Waals surface area (Å²) in [5.74, 6) is 3.57. The van der Waals surface area contributed by atoms with Crippen LogP contribution in [0.1, 0.15) is 49.7 Å². The fourth-order valence-electron chi connectivity index (χ4n) is 4.32. The van der Waals surface area contributed by atoms with Crippen molar-refractivity contribution in [1.82, 2.24) is 35.8 Å². The molecule has 0 unspecified atom stereocenters. The molecule has 0 radical (unpaired) electrons. The lowest BCUT2D eigenvalue weighted by Gasteiger charge is -2.22. The number of benzene rings is 1. The number of fused-ring (bicyclic) bond motifs is 1. The van der Waals surface area contributed by atoms with Gasteiger partial charge in [-0.05, 0) is 18.1 Å². The molecule has 2 saturated heterocycles. The van der Waals surface area contributed by atoms with Gasteiger partial charge in [-0.2, -0.15) is 13.2 Å². The van der Waals surface area contributed by atoms with Crippen molar-refractivity contribution < 1.29 is 18.3 Å². The third-order valence-electron chi connectivity index (χ3n) is 6.32. The average molecular weight is 487 g/mol. The van der Waals surface area contributed by atoms with E-state index in [9.17, 15) is 18.3 Å². The van der Waals surface area contributed by atoms with Crippen molar-refractivity contribution in [3.8, 4) is 12.3 Å². The summed E-state index contributed by atoms with van der Waals surface area (Å²) in [5.41, 5.74) is 3.07. The number of aromatic nitrogens is 5. The van der Waals surface area contributed by atoms with E-state index in [4.69, 9.17) is 16.4 Å². The van der Waals surface area contributed by atoms with E-state index in [1.54, 1.807) is 6.07 Å². The van der Waals surface area contributed by atoms with E-state index in [-0.39, 0.29) is 17.7 Å². The number of alkyl halides is 3. The van der Waals surface area contributed by atoms with E-state index < -0.39 is 23.4 Å². The fourth-order valence-corrected chi connectivity index (χ4v) is 4.32. The smallest absolute Gasteiger partial charge is 0.391 e. The molecule has 4 heterocycles. The fraction of sp³-hybridized carbons (Fsp3) is 0.478. The Morgan fingerprint density at radius 2 is 1.97 bits per heavy atom. The lowest BCUT2D eigenvalue weighted by molar-refractivity contribution is -0.165. The maximum absolute atomic E-state index is 13.9. The first-order valence-corrected chi connectivity index (χ1v) is 11.2. The van der Waals surface area contributed by atoms with Crippen LogP contribution >= 0.6 is 0 Å². The Kier molecular flexibility index (Phi) is 5.28. The van der Waals surface area contributed by atoms with Crippen molar-refractivity contribution in [2.45, 2.75) is 57.1 Å². The minimum atomic E-state index is -4.59. The van der Waals surface area contributed by atoms with Gasteiger partial charge >= 0.3 is 6.18 Å². The van der Waals surface area contributed by atoms with Gasteiger partial charge in [0.1, 0.15) is 5.82 Å².